The summed E-state index contributed by atoms with van der Waals surface area (Å²) in [6.07, 6.45) is 2.28. The zero-order valence-corrected chi connectivity index (χ0v) is 12.7. The zero-order chi connectivity index (χ0) is 13.4. The molecule has 0 saturated carbocycles. The van der Waals surface area contributed by atoms with E-state index in [2.05, 4.69) is 56.7 Å². The highest BCUT2D eigenvalue weighted by Gasteiger charge is 2.26. The van der Waals surface area contributed by atoms with Gasteiger partial charge in [-0.1, -0.05) is 30.3 Å². The lowest BCUT2D eigenvalue weighted by molar-refractivity contribution is 0.549. The zero-order valence-electron chi connectivity index (χ0n) is 11.2. The van der Waals surface area contributed by atoms with Crippen LogP contribution in [-0.2, 0) is 13.5 Å². The summed E-state index contributed by atoms with van der Waals surface area (Å²) < 4.78 is 2.65. The maximum absolute atomic E-state index is 4.09. The number of aromatic nitrogens is 3. The second-order valence-electron chi connectivity index (χ2n) is 4.87. The van der Waals surface area contributed by atoms with Gasteiger partial charge < -0.3 is 5.32 Å². The van der Waals surface area contributed by atoms with Crippen molar-refractivity contribution < 1.29 is 0 Å². The molecule has 0 amide bonds. The molecule has 1 unspecified atom stereocenters. The highest BCUT2D eigenvalue weighted by molar-refractivity contribution is 9.10. The number of benzene rings is 1. The van der Waals surface area contributed by atoms with E-state index in [9.17, 15) is 0 Å². The summed E-state index contributed by atoms with van der Waals surface area (Å²) in [6.45, 7) is 3.16. The normalized spacial score (nSPS) is 17.7. The van der Waals surface area contributed by atoms with Gasteiger partial charge in [0, 0.05) is 18.7 Å². The Balaban J connectivity index is 2.11. The van der Waals surface area contributed by atoms with Crippen molar-refractivity contribution in [2.24, 2.45) is 7.05 Å². The van der Waals surface area contributed by atoms with E-state index in [1.165, 1.54) is 23.1 Å². The third-order valence-electron chi connectivity index (χ3n) is 3.76. The van der Waals surface area contributed by atoms with Crippen LogP contribution in [0, 0.1) is 0 Å². The van der Waals surface area contributed by atoms with E-state index in [1.54, 1.807) is 0 Å². The summed E-state index contributed by atoms with van der Waals surface area (Å²) >= 11 is 3.50. The van der Waals surface area contributed by atoms with Gasteiger partial charge in [-0.05, 0) is 46.4 Å². The third-order valence-corrected chi connectivity index (χ3v) is 4.30. The molecular weight excluding hydrogens is 304 g/mol. The molecule has 3 rings (SSSR count). The van der Waals surface area contributed by atoms with Gasteiger partial charge in [0.1, 0.15) is 5.69 Å². The average molecular weight is 321 g/mol. The molecule has 1 aliphatic rings. The highest BCUT2D eigenvalue weighted by atomic mass is 79.9. The molecule has 0 bridgehead atoms. The topological polar surface area (TPSA) is 42.7 Å². The fourth-order valence-electron chi connectivity index (χ4n) is 2.95. The molecule has 1 heterocycles. The summed E-state index contributed by atoms with van der Waals surface area (Å²) in [5.74, 6) is 0. The van der Waals surface area contributed by atoms with E-state index < -0.39 is 0 Å². The molecule has 1 aromatic carbocycles. The Morgan fingerprint density at radius 2 is 2.32 bits per heavy atom. The fourth-order valence-corrected chi connectivity index (χ4v) is 3.49. The number of hydrogen-bond donors (Lipinski definition) is 1. The number of hydrogen-bond acceptors (Lipinski definition) is 3. The quantitative estimate of drug-likeness (QED) is 0.945. The minimum absolute atomic E-state index is 0.486. The van der Waals surface area contributed by atoms with Crippen molar-refractivity contribution in [3.8, 4) is 11.3 Å². The van der Waals surface area contributed by atoms with E-state index in [0.29, 0.717) is 6.04 Å². The number of rotatable bonds is 3. The smallest absolute Gasteiger partial charge is 0.156 e. The van der Waals surface area contributed by atoms with Gasteiger partial charge in [-0.3, -0.25) is 0 Å². The van der Waals surface area contributed by atoms with Crippen LogP contribution in [0.1, 0.15) is 30.5 Å². The summed E-state index contributed by atoms with van der Waals surface area (Å²) in [7, 11) is 1.93. The molecule has 4 nitrogen and oxygen atoms in total. The van der Waals surface area contributed by atoms with Crippen LogP contribution in [0.25, 0.3) is 11.3 Å². The molecular formula is C14H17BrN4. The summed E-state index contributed by atoms with van der Waals surface area (Å²) in [5, 5.41) is 11.7. The Hall–Kier alpha value is -1.20. The standard InChI is InChI=1S/C14H17BrN4/c1-3-16-12-8-7-9-10(12)5-4-6-11(9)13-14(15)17-18-19(13)2/h4-6,12,16H,3,7-8H2,1-2H3. The predicted octanol–water partition coefficient (Wildman–Crippen LogP) is 2.84. The van der Waals surface area contributed by atoms with Crippen LogP contribution in [0.3, 0.4) is 0 Å². The lowest BCUT2D eigenvalue weighted by atomic mass is 10.0. The molecule has 100 valence electrons. The molecule has 2 aromatic rings. The molecule has 1 atom stereocenters. The van der Waals surface area contributed by atoms with Crippen molar-refractivity contribution >= 4 is 15.9 Å². The van der Waals surface area contributed by atoms with E-state index >= 15 is 0 Å². The molecule has 0 fully saturated rings. The predicted molar refractivity (Wildman–Crippen MR) is 78.9 cm³/mol. The fraction of sp³-hybridized carbons (Fsp3) is 0.429. The first kappa shape index (κ1) is 12.8. The maximum atomic E-state index is 4.09. The van der Waals surface area contributed by atoms with Crippen molar-refractivity contribution in [3.63, 3.8) is 0 Å². The molecule has 5 heteroatoms. The molecule has 0 saturated heterocycles. The maximum Gasteiger partial charge on any atom is 0.156 e. The first-order chi connectivity index (χ1) is 9.22. The van der Waals surface area contributed by atoms with E-state index in [-0.39, 0.29) is 0 Å². The van der Waals surface area contributed by atoms with Crippen LogP contribution in [-0.4, -0.2) is 21.5 Å². The Labute approximate surface area is 121 Å². The van der Waals surface area contributed by atoms with Gasteiger partial charge in [-0.15, -0.1) is 5.10 Å². The van der Waals surface area contributed by atoms with Crippen molar-refractivity contribution in [1.82, 2.24) is 20.3 Å². The number of halogens is 1. The summed E-state index contributed by atoms with van der Waals surface area (Å²) in [6, 6.07) is 7.01. The number of aryl methyl sites for hydroxylation is 1. The Morgan fingerprint density at radius 1 is 1.47 bits per heavy atom. The number of nitrogens with zero attached hydrogens (tertiary/aromatic N) is 3. The molecule has 19 heavy (non-hydrogen) atoms. The molecule has 1 aromatic heterocycles. The van der Waals surface area contributed by atoms with Crippen molar-refractivity contribution in [3.05, 3.63) is 33.9 Å². The van der Waals surface area contributed by atoms with Gasteiger partial charge in [0.15, 0.2) is 4.60 Å². The molecule has 0 aliphatic heterocycles. The van der Waals surface area contributed by atoms with Gasteiger partial charge >= 0.3 is 0 Å². The van der Waals surface area contributed by atoms with Crippen LogP contribution in [0.15, 0.2) is 22.8 Å². The van der Waals surface area contributed by atoms with Crippen LogP contribution in [0.4, 0.5) is 0 Å². The van der Waals surface area contributed by atoms with E-state index in [1.807, 2.05) is 11.7 Å². The SMILES string of the molecule is CCNC1CCc2c(-c3c(Br)nnn3C)cccc21. The third kappa shape index (κ3) is 2.11. The first-order valence-electron chi connectivity index (χ1n) is 6.63. The van der Waals surface area contributed by atoms with Crippen molar-refractivity contribution in [1.29, 1.82) is 0 Å². The van der Waals surface area contributed by atoms with E-state index in [0.717, 1.165) is 23.3 Å². The summed E-state index contributed by atoms with van der Waals surface area (Å²) in [5.41, 5.74) is 5.17. The Bertz CT molecular complexity index is 586. The van der Waals surface area contributed by atoms with E-state index in [4.69, 9.17) is 0 Å². The van der Waals surface area contributed by atoms with Crippen LogP contribution < -0.4 is 5.32 Å². The van der Waals surface area contributed by atoms with Crippen LogP contribution in [0.2, 0.25) is 0 Å². The minimum Gasteiger partial charge on any atom is -0.310 e. The van der Waals surface area contributed by atoms with Gasteiger partial charge in [0.2, 0.25) is 0 Å². The van der Waals surface area contributed by atoms with Gasteiger partial charge in [0.05, 0.1) is 0 Å². The second-order valence-corrected chi connectivity index (χ2v) is 5.63. The van der Waals surface area contributed by atoms with Crippen LogP contribution >= 0.6 is 15.9 Å². The average Bonchev–Trinajstić information content (AvgIpc) is 2.95. The largest absolute Gasteiger partial charge is 0.310 e. The summed E-state index contributed by atoms with van der Waals surface area (Å²) in [4.78, 5) is 0. The molecule has 0 spiro atoms. The van der Waals surface area contributed by atoms with Gasteiger partial charge in [-0.2, -0.15) is 0 Å². The molecule has 1 aliphatic carbocycles. The van der Waals surface area contributed by atoms with Gasteiger partial charge in [0.25, 0.3) is 0 Å². The molecule has 0 radical (unpaired) electrons. The lowest BCUT2D eigenvalue weighted by Crippen LogP contribution is -2.18. The first-order valence-corrected chi connectivity index (χ1v) is 7.42. The second kappa shape index (κ2) is 5.06. The van der Waals surface area contributed by atoms with Crippen LogP contribution in [0.5, 0.6) is 0 Å². The van der Waals surface area contributed by atoms with Gasteiger partial charge in [-0.25, -0.2) is 4.68 Å². The Kier molecular flexibility index (Phi) is 3.41. The Morgan fingerprint density at radius 3 is 3.00 bits per heavy atom. The highest BCUT2D eigenvalue weighted by Crippen LogP contribution is 2.39. The number of nitrogens with one attached hydrogen (secondary N) is 1. The molecule has 1 N–H and O–H groups in total. The monoisotopic (exact) mass is 320 g/mol. The number of fused-ring (bicyclic) bond motifs is 1. The van der Waals surface area contributed by atoms with Crippen molar-refractivity contribution in [2.45, 2.75) is 25.8 Å². The van der Waals surface area contributed by atoms with Crippen molar-refractivity contribution in [2.75, 3.05) is 6.54 Å². The minimum atomic E-state index is 0.486. The lowest BCUT2D eigenvalue weighted by Gasteiger charge is -2.13.